The van der Waals surface area contributed by atoms with Crippen LogP contribution < -0.4 is 15.2 Å². The van der Waals surface area contributed by atoms with E-state index in [0.717, 1.165) is 10.2 Å². The zero-order valence-electron chi connectivity index (χ0n) is 15.3. The summed E-state index contributed by atoms with van der Waals surface area (Å²) in [6.07, 6.45) is 2.52. The van der Waals surface area contributed by atoms with Crippen molar-refractivity contribution < 1.29 is 14.3 Å². The number of benzene rings is 1. The van der Waals surface area contributed by atoms with Gasteiger partial charge in [0.25, 0.3) is 17.2 Å². The highest BCUT2D eigenvalue weighted by molar-refractivity contribution is 6.01. The number of hydrogen-bond acceptors (Lipinski definition) is 6. The minimum Gasteiger partial charge on any atom is -0.497 e. The van der Waals surface area contributed by atoms with Crippen LogP contribution in [0.15, 0.2) is 41.6 Å². The molecule has 144 valence electrons. The summed E-state index contributed by atoms with van der Waals surface area (Å²) < 4.78 is 6.23. The summed E-state index contributed by atoms with van der Waals surface area (Å²) in [6.45, 7) is 2.02. The first kappa shape index (κ1) is 17.7. The lowest BCUT2D eigenvalue weighted by atomic mass is 10.1. The molecule has 0 radical (unpaired) electrons. The molecule has 1 atom stereocenters. The molecule has 2 amide bonds. The van der Waals surface area contributed by atoms with Crippen molar-refractivity contribution in [3.63, 3.8) is 0 Å². The lowest BCUT2D eigenvalue weighted by Crippen LogP contribution is -2.57. The van der Waals surface area contributed by atoms with Gasteiger partial charge in [-0.2, -0.15) is 4.52 Å². The number of carbonyl (C=O) groups excluding carboxylic acids is 2. The van der Waals surface area contributed by atoms with Gasteiger partial charge in [0, 0.05) is 24.5 Å². The van der Waals surface area contributed by atoms with E-state index in [0.29, 0.717) is 12.3 Å². The molecule has 1 saturated heterocycles. The molecule has 3 aromatic rings. The maximum atomic E-state index is 12.9. The van der Waals surface area contributed by atoms with Gasteiger partial charge in [0.15, 0.2) is 0 Å². The number of carbonyl (C=O) groups is 2. The van der Waals surface area contributed by atoms with Crippen molar-refractivity contribution in [2.24, 2.45) is 0 Å². The smallest absolute Gasteiger partial charge is 0.286 e. The van der Waals surface area contributed by atoms with E-state index in [4.69, 9.17) is 4.74 Å². The molecule has 0 bridgehead atoms. The molecule has 1 fully saturated rings. The number of aromatic nitrogens is 4. The third kappa shape index (κ3) is 2.88. The van der Waals surface area contributed by atoms with Crippen molar-refractivity contribution in [3.05, 3.63) is 52.7 Å². The maximum Gasteiger partial charge on any atom is 0.286 e. The molecule has 1 N–H and O–H groups in total. The Hall–Kier alpha value is -3.69. The van der Waals surface area contributed by atoms with Crippen molar-refractivity contribution in [3.8, 4) is 5.75 Å². The van der Waals surface area contributed by atoms with Gasteiger partial charge in [0.1, 0.15) is 24.2 Å². The van der Waals surface area contributed by atoms with Crippen LogP contribution in [0.3, 0.4) is 0 Å². The number of aromatic amines is 1. The maximum absolute atomic E-state index is 12.9. The predicted octanol–water partition coefficient (Wildman–Crippen LogP) is 0.304. The molecular formula is C18H18N6O4. The van der Waals surface area contributed by atoms with E-state index in [9.17, 15) is 14.4 Å². The molecule has 2 aromatic heterocycles. The van der Waals surface area contributed by atoms with E-state index in [1.807, 2.05) is 6.92 Å². The molecule has 0 spiro atoms. The molecule has 1 unspecified atom stereocenters. The zero-order valence-corrected chi connectivity index (χ0v) is 15.3. The Morgan fingerprint density at radius 2 is 1.96 bits per heavy atom. The van der Waals surface area contributed by atoms with Gasteiger partial charge in [-0.15, -0.1) is 0 Å². The number of amides is 2. The third-order valence-electron chi connectivity index (χ3n) is 4.77. The number of ether oxygens (including phenoxy) is 1. The van der Waals surface area contributed by atoms with Crippen molar-refractivity contribution in [2.75, 3.05) is 25.1 Å². The van der Waals surface area contributed by atoms with Crippen molar-refractivity contribution in [1.29, 1.82) is 0 Å². The highest BCUT2D eigenvalue weighted by atomic mass is 16.5. The topological polar surface area (TPSA) is 113 Å². The highest BCUT2D eigenvalue weighted by Gasteiger charge is 2.35. The minimum atomic E-state index is -0.551. The summed E-state index contributed by atoms with van der Waals surface area (Å²) in [5, 5.41) is 2.62. The molecule has 28 heavy (non-hydrogen) atoms. The summed E-state index contributed by atoms with van der Waals surface area (Å²) in [5.74, 6) is 0.110. The van der Waals surface area contributed by atoms with Crippen LogP contribution in [0.2, 0.25) is 0 Å². The van der Waals surface area contributed by atoms with Crippen molar-refractivity contribution in [1.82, 2.24) is 24.5 Å². The molecule has 0 aliphatic carbocycles. The minimum absolute atomic E-state index is 0.112. The van der Waals surface area contributed by atoms with Gasteiger partial charge in [-0.3, -0.25) is 19.5 Å². The monoisotopic (exact) mass is 382 g/mol. The van der Waals surface area contributed by atoms with Crippen LogP contribution >= 0.6 is 0 Å². The van der Waals surface area contributed by atoms with Crippen LogP contribution in [0.1, 0.15) is 17.3 Å². The van der Waals surface area contributed by atoms with Crippen LogP contribution in [-0.4, -0.2) is 62.5 Å². The normalized spacial score (nSPS) is 17.2. The number of nitrogens with one attached hydrogen (secondary N) is 1. The number of piperazine rings is 1. The fraction of sp³-hybridized carbons (Fsp3) is 0.278. The quantitative estimate of drug-likeness (QED) is 0.697. The van der Waals surface area contributed by atoms with Gasteiger partial charge in [0.05, 0.1) is 7.11 Å². The Morgan fingerprint density at radius 1 is 1.21 bits per heavy atom. The Balaban J connectivity index is 1.58. The Bertz CT molecular complexity index is 1100. The molecule has 10 nitrogen and oxygen atoms in total. The number of methoxy groups -OCH3 is 1. The van der Waals surface area contributed by atoms with Crippen LogP contribution in [0, 0.1) is 0 Å². The molecule has 3 heterocycles. The summed E-state index contributed by atoms with van der Waals surface area (Å²) in [7, 11) is 1.57. The molecule has 1 aliphatic heterocycles. The highest BCUT2D eigenvalue weighted by Crippen LogP contribution is 2.23. The fourth-order valence-corrected chi connectivity index (χ4v) is 3.23. The van der Waals surface area contributed by atoms with E-state index < -0.39 is 11.5 Å². The first-order chi connectivity index (χ1) is 13.5. The number of hydrogen-bond donors (Lipinski definition) is 1. The van der Waals surface area contributed by atoms with E-state index in [1.165, 1.54) is 17.4 Å². The first-order valence-electron chi connectivity index (χ1n) is 8.66. The van der Waals surface area contributed by atoms with E-state index in [1.54, 1.807) is 36.3 Å². The Kier molecular flexibility index (Phi) is 4.30. The van der Waals surface area contributed by atoms with Gasteiger partial charge in [-0.05, 0) is 31.2 Å². The SMILES string of the molecule is COc1ccc(N2CC(C)N(C(=O)c3cnc4nc[nH]n4c3=O)CC2=O)cc1. The van der Waals surface area contributed by atoms with Crippen LogP contribution in [0.25, 0.3) is 5.78 Å². The van der Waals surface area contributed by atoms with Crippen molar-refractivity contribution in [2.45, 2.75) is 13.0 Å². The zero-order chi connectivity index (χ0) is 19.8. The third-order valence-corrected chi connectivity index (χ3v) is 4.77. The second-order valence-corrected chi connectivity index (χ2v) is 6.48. The van der Waals surface area contributed by atoms with Crippen LogP contribution in [0.4, 0.5) is 5.69 Å². The standard InChI is InChI=1S/C18H18N6O4/c1-11-8-23(12-3-5-13(28-2)6-4-12)15(25)9-22(11)16(26)14-7-19-18-20-10-21-24(18)17(14)27/h3-7,10-11H,8-9H2,1-2H3,(H,19,20,21). The second-order valence-electron chi connectivity index (χ2n) is 6.48. The lowest BCUT2D eigenvalue weighted by Gasteiger charge is -2.39. The Labute approximate surface area is 159 Å². The van der Waals surface area contributed by atoms with E-state index in [-0.39, 0.29) is 29.8 Å². The Morgan fingerprint density at radius 3 is 2.68 bits per heavy atom. The van der Waals surface area contributed by atoms with Crippen molar-refractivity contribution >= 4 is 23.3 Å². The predicted molar refractivity (Wildman–Crippen MR) is 99.5 cm³/mol. The van der Waals surface area contributed by atoms with Gasteiger partial charge >= 0.3 is 0 Å². The van der Waals surface area contributed by atoms with Gasteiger partial charge in [-0.1, -0.05) is 0 Å². The molecule has 4 rings (SSSR count). The average molecular weight is 382 g/mol. The number of rotatable bonds is 3. The number of anilines is 1. The van der Waals surface area contributed by atoms with Gasteiger partial charge in [0.2, 0.25) is 5.91 Å². The lowest BCUT2D eigenvalue weighted by molar-refractivity contribution is -0.121. The largest absolute Gasteiger partial charge is 0.497 e. The number of fused-ring (bicyclic) bond motifs is 1. The van der Waals surface area contributed by atoms with E-state index >= 15 is 0 Å². The first-order valence-corrected chi connectivity index (χ1v) is 8.66. The van der Waals surface area contributed by atoms with Gasteiger partial charge < -0.3 is 14.5 Å². The van der Waals surface area contributed by atoms with Crippen LogP contribution in [-0.2, 0) is 4.79 Å². The molecular weight excluding hydrogens is 364 g/mol. The molecule has 10 heteroatoms. The summed E-state index contributed by atoms with van der Waals surface area (Å²) >= 11 is 0. The summed E-state index contributed by atoms with van der Waals surface area (Å²) in [6, 6.07) is 6.86. The van der Waals surface area contributed by atoms with Crippen LogP contribution in [0.5, 0.6) is 5.75 Å². The molecule has 1 aliphatic rings. The number of H-pyrrole nitrogens is 1. The number of nitrogens with zero attached hydrogens (tertiary/aromatic N) is 5. The van der Waals surface area contributed by atoms with Gasteiger partial charge in [-0.25, -0.2) is 9.97 Å². The summed E-state index contributed by atoms with van der Waals surface area (Å²) in [4.78, 5) is 49.0. The fourth-order valence-electron chi connectivity index (χ4n) is 3.23. The summed E-state index contributed by atoms with van der Waals surface area (Å²) in [5.41, 5.74) is 0.0643. The molecule has 1 aromatic carbocycles. The molecule has 0 saturated carbocycles. The van der Waals surface area contributed by atoms with E-state index in [2.05, 4.69) is 15.1 Å². The average Bonchev–Trinajstić information content (AvgIpc) is 3.19. The second kappa shape index (κ2) is 6.80.